The molecule has 0 saturated heterocycles. The molecule has 2 N–H and O–H groups in total. The van der Waals surface area contributed by atoms with Gasteiger partial charge in [0.25, 0.3) is 5.91 Å². The fourth-order valence-electron chi connectivity index (χ4n) is 3.31. The number of hydrogen-bond donors (Lipinski definition) is 2. The van der Waals surface area contributed by atoms with Gasteiger partial charge in [-0.15, -0.1) is 0 Å². The SMILES string of the molecule is CC(CN(C(=O)c1cc2c(ccc3ccccc32)[nH]1)C1CC1)C(=O)O. The minimum atomic E-state index is -0.874. The maximum absolute atomic E-state index is 13.0. The summed E-state index contributed by atoms with van der Waals surface area (Å²) in [6.45, 7) is 1.89. The second-order valence-electron chi connectivity index (χ2n) is 6.86. The van der Waals surface area contributed by atoms with Crippen LogP contribution in [0.2, 0.25) is 0 Å². The maximum atomic E-state index is 13.0. The molecule has 1 amide bonds. The molecule has 1 fully saturated rings. The van der Waals surface area contributed by atoms with Gasteiger partial charge in [-0.3, -0.25) is 9.59 Å². The van der Waals surface area contributed by atoms with Crippen LogP contribution in [0.15, 0.2) is 42.5 Å². The average Bonchev–Trinajstić information content (AvgIpc) is 3.35. The molecule has 4 rings (SSSR count). The fourth-order valence-corrected chi connectivity index (χ4v) is 3.31. The summed E-state index contributed by atoms with van der Waals surface area (Å²) in [6, 6.07) is 14.2. The Labute approximate surface area is 145 Å². The third kappa shape index (κ3) is 2.86. The Morgan fingerprint density at radius 3 is 2.68 bits per heavy atom. The van der Waals surface area contributed by atoms with Gasteiger partial charge in [0.1, 0.15) is 5.69 Å². The van der Waals surface area contributed by atoms with E-state index in [9.17, 15) is 14.7 Å². The van der Waals surface area contributed by atoms with Gasteiger partial charge in [0.2, 0.25) is 0 Å². The van der Waals surface area contributed by atoms with Crippen LogP contribution in [0.5, 0.6) is 0 Å². The number of rotatable bonds is 5. The molecule has 3 aromatic rings. The van der Waals surface area contributed by atoms with Gasteiger partial charge in [0.05, 0.1) is 5.92 Å². The summed E-state index contributed by atoms with van der Waals surface area (Å²) in [5.74, 6) is -1.56. The van der Waals surface area contributed by atoms with Gasteiger partial charge in [-0.2, -0.15) is 0 Å². The molecule has 25 heavy (non-hydrogen) atoms. The van der Waals surface area contributed by atoms with E-state index in [-0.39, 0.29) is 18.5 Å². The molecule has 1 aliphatic rings. The Morgan fingerprint density at radius 1 is 1.20 bits per heavy atom. The van der Waals surface area contributed by atoms with E-state index in [1.165, 1.54) is 0 Å². The molecule has 1 aromatic heterocycles. The zero-order valence-corrected chi connectivity index (χ0v) is 14.0. The van der Waals surface area contributed by atoms with Crippen molar-refractivity contribution < 1.29 is 14.7 Å². The highest BCUT2D eigenvalue weighted by Gasteiger charge is 2.35. The molecule has 0 radical (unpaired) electrons. The summed E-state index contributed by atoms with van der Waals surface area (Å²) in [7, 11) is 0. The van der Waals surface area contributed by atoms with E-state index >= 15 is 0 Å². The van der Waals surface area contributed by atoms with E-state index in [4.69, 9.17) is 0 Å². The molecule has 1 saturated carbocycles. The first-order chi connectivity index (χ1) is 12.0. The molecule has 5 heteroatoms. The first kappa shape index (κ1) is 15.7. The molecular formula is C20H20N2O3. The number of aromatic amines is 1. The molecule has 2 aromatic carbocycles. The van der Waals surface area contributed by atoms with Crippen molar-refractivity contribution in [1.29, 1.82) is 0 Å². The summed E-state index contributed by atoms with van der Waals surface area (Å²) in [5, 5.41) is 12.4. The van der Waals surface area contributed by atoms with Crippen molar-refractivity contribution in [2.24, 2.45) is 5.92 Å². The number of carbonyl (C=O) groups is 2. The molecule has 5 nitrogen and oxygen atoms in total. The molecular weight excluding hydrogens is 316 g/mol. The zero-order chi connectivity index (χ0) is 17.6. The Kier molecular flexibility index (Phi) is 3.71. The number of amides is 1. The van der Waals surface area contributed by atoms with E-state index in [2.05, 4.69) is 4.98 Å². The second kappa shape index (κ2) is 5.92. The number of nitrogens with zero attached hydrogens (tertiary/aromatic N) is 1. The average molecular weight is 336 g/mol. The highest BCUT2D eigenvalue weighted by molar-refractivity contribution is 6.09. The van der Waals surface area contributed by atoms with Gasteiger partial charge < -0.3 is 15.0 Å². The molecule has 0 spiro atoms. The van der Waals surface area contributed by atoms with Crippen molar-refractivity contribution in [3.05, 3.63) is 48.2 Å². The first-order valence-corrected chi connectivity index (χ1v) is 8.59. The van der Waals surface area contributed by atoms with Gasteiger partial charge in [0, 0.05) is 23.5 Å². The lowest BCUT2D eigenvalue weighted by Crippen LogP contribution is -2.38. The lowest BCUT2D eigenvalue weighted by atomic mass is 10.1. The number of carbonyl (C=O) groups excluding carboxylic acids is 1. The number of aromatic nitrogens is 1. The molecule has 128 valence electrons. The van der Waals surface area contributed by atoms with Gasteiger partial charge in [-0.1, -0.05) is 37.3 Å². The Morgan fingerprint density at radius 2 is 1.96 bits per heavy atom. The van der Waals surface area contributed by atoms with Crippen LogP contribution in [0.25, 0.3) is 21.7 Å². The number of carboxylic acid groups (broad SMARTS) is 1. The van der Waals surface area contributed by atoms with Gasteiger partial charge in [0.15, 0.2) is 0 Å². The van der Waals surface area contributed by atoms with Gasteiger partial charge >= 0.3 is 5.97 Å². The largest absolute Gasteiger partial charge is 0.481 e. The quantitative estimate of drug-likeness (QED) is 0.747. The highest BCUT2D eigenvalue weighted by Crippen LogP contribution is 2.31. The van der Waals surface area contributed by atoms with E-state index < -0.39 is 11.9 Å². The summed E-state index contributed by atoms with van der Waals surface area (Å²) >= 11 is 0. The number of hydrogen-bond acceptors (Lipinski definition) is 2. The molecule has 1 atom stereocenters. The summed E-state index contributed by atoms with van der Waals surface area (Å²) < 4.78 is 0. The van der Waals surface area contributed by atoms with E-state index in [1.54, 1.807) is 11.8 Å². The maximum Gasteiger partial charge on any atom is 0.308 e. The van der Waals surface area contributed by atoms with Gasteiger partial charge in [-0.05, 0) is 35.7 Å². The molecule has 1 unspecified atom stereocenters. The Bertz CT molecular complexity index is 971. The monoisotopic (exact) mass is 336 g/mol. The van der Waals surface area contributed by atoms with Crippen LogP contribution < -0.4 is 0 Å². The lowest BCUT2D eigenvalue weighted by molar-refractivity contribution is -0.141. The predicted octanol–water partition coefficient (Wildman–Crippen LogP) is 3.65. The number of H-pyrrole nitrogens is 1. The van der Waals surface area contributed by atoms with Crippen molar-refractivity contribution in [2.75, 3.05) is 6.54 Å². The Balaban J connectivity index is 1.71. The number of nitrogens with one attached hydrogen (secondary N) is 1. The first-order valence-electron chi connectivity index (χ1n) is 8.59. The number of aliphatic carboxylic acids is 1. The number of benzene rings is 2. The fraction of sp³-hybridized carbons (Fsp3) is 0.300. The van der Waals surface area contributed by atoms with Crippen LogP contribution in [-0.2, 0) is 4.79 Å². The lowest BCUT2D eigenvalue weighted by Gasteiger charge is -2.23. The van der Waals surface area contributed by atoms with Crippen molar-refractivity contribution in [2.45, 2.75) is 25.8 Å². The Hall–Kier alpha value is -2.82. The van der Waals surface area contributed by atoms with Gasteiger partial charge in [-0.25, -0.2) is 0 Å². The van der Waals surface area contributed by atoms with Crippen LogP contribution >= 0.6 is 0 Å². The molecule has 0 bridgehead atoms. The molecule has 1 heterocycles. The van der Waals surface area contributed by atoms with E-state index in [0.29, 0.717) is 5.69 Å². The van der Waals surface area contributed by atoms with E-state index in [1.807, 2.05) is 42.5 Å². The number of carboxylic acids is 1. The van der Waals surface area contributed by atoms with Crippen LogP contribution in [-0.4, -0.2) is 39.5 Å². The molecule has 0 aliphatic heterocycles. The van der Waals surface area contributed by atoms with Crippen LogP contribution in [0.3, 0.4) is 0 Å². The summed E-state index contributed by atoms with van der Waals surface area (Å²) in [6.07, 6.45) is 1.89. The molecule has 1 aliphatic carbocycles. The predicted molar refractivity (Wildman–Crippen MR) is 96.7 cm³/mol. The highest BCUT2D eigenvalue weighted by atomic mass is 16.4. The normalized spacial score (nSPS) is 15.4. The smallest absolute Gasteiger partial charge is 0.308 e. The minimum Gasteiger partial charge on any atom is -0.481 e. The van der Waals surface area contributed by atoms with Crippen molar-refractivity contribution in [1.82, 2.24) is 9.88 Å². The third-order valence-corrected chi connectivity index (χ3v) is 4.90. The standard InChI is InChI=1S/C20H20N2O3/c1-12(20(24)25)11-22(14-7-8-14)19(23)18-10-16-15-5-3-2-4-13(15)6-9-17(16)21-18/h2-6,9-10,12,14,21H,7-8,11H2,1H3,(H,24,25). The second-order valence-corrected chi connectivity index (χ2v) is 6.86. The third-order valence-electron chi connectivity index (χ3n) is 4.90. The van der Waals surface area contributed by atoms with Crippen LogP contribution in [0.4, 0.5) is 0 Å². The van der Waals surface area contributed by atoms with Crippen molar-refractivity contribution >= 4 is 33.6 Å². The van der Waals surface area contributed by atoms with Crippen LogP contribution in [0.1, 0.15) is 30.3 Å². The topological polar surface area (TPSA) is 73.4 Å². The van der Waals surface area contributed by atoms with Crippen molar-refractivity contribution in [3.8, 4) is 0 Å². The van der Waals surface area contributed by atoms with Crippen LogP contribution in [0, 0.1) is 5.92 Å². The van der Waals surface area contributed by atoms with E-state index in [0.717, 1.165) is 34.5 Å². The minimum absolute atomic E-state index is 0.115. The van der Waals surface area contributed by atoms with Crippen molar-refractivity contribution in [3.63, 3.8) is 0 Å². The number of fused-ring (bicyclic) bond motifs is 3. The summed E-state index contributed by atoms with van der Waals surface area (Å²) in [4.78, 5) is 29.1. The summed E-state index contributed by atoms with van der Waals surface area (Å²) in [5.41, 5.74) is 1.44. The zero-order valence-electron chi connectivity index (χ0n) is 14.0.